The van der Waals surface area contributed by atoms with Gasteiger partial charge in [-0.1, -0.05) is 0 Å². The molecule has 0 aliphatic rings. The van der Waals surface area contributed by atoms with E-state index in [0.29, 0.717) is 0 Å². The molecule has 0 bridgehead atoms. The molecule has 0 fully saturated rings. The normalized spacial score (nSPS) is 15.1. The van der Waals surface area contributed by atoms with Crippen molar-refractivity contribution in [1.29, 1.82) is 0 Å². The van der Waals surface area contributed by atoms with Crippen molar-refractivity contribution in [2.24, 2.45) is 0 Å². The highest BCUT2D eigenvalue weighted by Gasteiger charge is 2.36. The standard InChI is InChI=1S/C3H6O6/c4-1(2(5)6)3(7,8)9/h1,4,7-9H,(H,5,6). The Kier molecular flexibility index (Phi) is 2.10. The average Bonchev–Trinajstić information content (AvgIpc) is 1.62. The van der Waals surface area contributed by atoms with Crippen LogP contribution in [0.5, 0.6) is 0 Å². The van der Waals surface area contributed by atoms with Gasteiger partial charge in [0.25, 0.3) is 0 Å². The molecule has 5 N–H and O–H groups in total. The van der Waals surface area contributed by atoms with E-state index in [4.69, 9.17) is 25.5 Å². The second kappa shape index (κ2) is 2.28. The lowest BCUT2D eigenvalue weighted by Crippen LogP contribution is -2.46. The van der Waals surface area contributed by atoms with Crippen molar-refractivity contribution in [1.82, 2.24) is 0 Å². The molecule has 0 spiro atoms. The van der Waals surface area contributed by atoms with Crippen LogP contribution in [0, 0.1) is 0 Å². The van der Waals surface area contributed by atoms with Crippen LogP contribution in [0.25, 0.3) is 0 Å². The van der Waals surface area contributed by atoms with Crippen molar-refractivity contribution < 1.29 is 30.3 Å². The van der Waals surface area contributed by atoms with Crippen LogP contribution in [-0.2, 0) is 4.79 Å². The Morgan fingerprint density at radius 3 is 1.67 bits per heavy atom. The Hall–Kier alpha value is -0.690. The minimum Gasteiger partial charge on any atom is -0.479 e. The molecule has 6 nitrogen and oxygen atoms in total. The van der Waals surface area contributed by atoms with Gasteiger partial charge in [0.05, 0.1) is 0 Å². The molecule has 0 aromatic carbocycles. The molecule has 1 atom stereocenters. The van der Waals surface area contributed by atoms with E-state index in [0.717, 1.165) is 0 Å². The summed E-state index contributed by atoms with van der Waals surface area (Å²) in [6.07, 6.45) is -2.60. The van der Waals surface area contributed by atoms with E-state index in [-0.39, 0.29) is 0 Å². The van der Waals surface area contributed by atoms with Gasteiger partial charge in [-0.15, -0.1) is 0 Å². The number of aliphatic carboxylic acids is 1. The molecule has 0 aliphatic heterocycles. The number of carbonyl (C=O) groups is 1. The summed E-state index contributed by atoms with van der Waals surface area (Å²) in [6.45, 7) is 0. The summed E-state index contributed by atoms with van der Waals surface area (Å²) < 4.78 is 0. The maximum absolute atomic E-state index is 9.62. The topological polar surface area (TPSA) is 118 Å². The molecular formula is C3H6O6. The van der Waals surface area contributed by atoms with E-state index in [1.54, 1.807) is 0 Å². The minimum atomic E-state index is -3.56. The maximum atomic E-state index is 9.62. The average molecular weight is 138 g/mol. The Bertz CT molecular complexity index is 112. The fraction of sp³-hybridized carbons (Fsp3) is 0.667. The van der Waals surface area contributed by atoms with Crippen LogP contribution < -0.4 is 0 Å². The molecule has 54 valence electrons. The van der Waals surface area contributed by atoms with Gasteiger partial charge in [0.15, 0.2) is 0 Å². The Morgan fingerprint density at radius 2 is 1.67 bits per heavy atom. The first-order valence-corrected chi connectivity index (χ1v) is 1.93. The number of hydrogen-bond donors (Lipinski definition) is 5. The van der Waals surface area contributed by atoms with Crippen LogP contribution in [0.4, 0.5) is 0 Å². The number of hydrogen-bond acceptors (Lipinski definition) is 5. The number of aliphatic hydroxyl groups is 4. The van der Waals surface area contributed by atoms with Crippen LogP contribution in [0.2, 0.25) is 0 Å². The van der Waals surface area contributed by atoms with Crippen molar-refractivity contribution in [2.45, 2.75) is 12.1 Å². The van der Waals surface area contributed by atoms with Crippen LogP contribution in [0.15, 0.2) is 0 Å². The third-order valence-corrected chi connectivity index (χ3v) is 0.601. The molecule has 0 amide bonds. The molecule has 0 aromatic heterocycles. The van der Waals surface area contributed by atoms with E-state index in [9.17, 15) is 4.79 Å². The fourth-order valence-electron chi connectivity index (χ4n) is 0.166. The number of carboxylic acids is 1. The van der Waals surface area contributed by atoms with Crippen LogP contribution >= 0.6 is 0 Å². The third kappa shape index (κ3) is 2.38. The Morgan fingerprint density at radius 1 is 1.33 bits per heavy atom. The smallest absolute Gasteiger partial charge is 0.341 e. The summed E-state index contributed by atoms with van der Waals surface area (Å²) in [5, 5.41) is 39.7. The first-order valence-electron chi connectivity index (χ1n) is 1.93. The number of rotatable bonds is 2. The third-order valence-electron chi connectivity index (χ3n) is 0.601. The first kappa shape index (κ1) is 8.31. The van der Waals surface area contributed by atoms with Crippen LogP contribution in [-0.4, -0.2) is 43.6 Å². The quantitative estimate of drug-likeness (QED) is 0.260. The molecule has 0 saturated heterocycles. The first-order chi connectivity index (χ1) is 3.85. The highest BCUT2D eigenvalue weighted by atomic mass is 16.7. The summed E-state index contributed by atoms with van der Waals surface area (Å²) >= 11 is 0. The van der Waals surface area contributed by atoms with Crippen LogP contribution in [0.3, 0.4) is 0 Å². The second-order valence-corrected chi connectivity index (χ2v) is 1.43. The summed E-state index contributed by atoms with van der Waals surface area (Å²) in [4.78, 5) is 9.62. The van der Waals surface area contributed by atoms with Gasteiger partial charge in [0, 0.05) is 0 Å². The number of aliphatic hydroxyl groups excluding tert-OH is 1. The van der Waals surface area contributed by atoms with E-state index < -0.39 is 18.0 Å². The van der Waals surface area contributed by atoms with Gasteiger partial charge >= 0.3 is 11.9 Å². The highest BCUT2D eigenvalue weighted by Crippen LogP contribution is 2.00. The fourth-order valence-corrected chi connectivity index (χ4v) is 0.166. The summed E-state index contributed by atoms with van der Waals surface area (Å²) in [5.41, 5.74) is 0. The number of carboxylic acid groups (broad SMARTS) is 1. The summed E-state index contributed by atoms with van der Waals surface area (Å²) in [6, 6.07) is 0. The van der Waals surface area contributed by atoms with Crippen molar-refractivity contribution >= 4 is 5.97 Å². The lowest BCUT2D eigenvalue weighted by atomic mass is 10.3. The van der Waals surface area contributed by atoms with Gasteiger partial charge in [0.2, 0.25) is 6.10 Å². The molecular weight excluding hydrogens is 132 g/mol. The van der Waals surface area contributed by atoms with Gasteiger partial charge in [-0.25, -0.2) is 4.79 Å². The van der Waals surface area contributed by atoms with Gasteiger partial charge in [-0.05, 0) is 0 Å². The van der Waals surface area contributed by atoms with Crippen LogP contribution in [0.1, 0.15) is 0 Å². The predicted octanol–water partition coefficient (Wildman–Crippen LogP) is -2.94. The van der Waals surface area contributed by atoms with E-state index in [1.165, 1.54) is 0 Å². The van der Waals surface area contributed by atoms with E-state index >= 15 is 0 Å². The zero-order valence-corrected chi connectivity index (χ0v) is 4.22. The zero-order chi connectivity index (χ0) is 7.65. The molecule has 0 saturated carbocycles. The molecule has 6 heteroatoms. The van der Waals surface area contributed by atoms with Gasteiger partial charge < -0.3 is 25.5 Å². The van der Waals surface area contributed by atoms with Crippen molar-refractivity contribution in [3.05, 3.63) is 0 Å². The minimum absolute atomic E-state index is 1.91. The summed E-state index contributed by atoms with van der Waals surface area (Å²) in [7, 11) is 0. The lowest BCUT2D eigenvalue weighted by Gasteiger charge is -2.16. The van der Waals surface area contributed by atoms with Crippen molar-refractivity contribution in [2.75, 3.05) is 0 Å². The summed E-state index contributed by atoms with van der Waals surface area (Å²) in [5.74, 6) is -5.48. The molecule has 0 aromatic rings. The highest BCUT2D eigenvalue weighted by molar-refractivity contribution is 5.72. The Balaban J connectivity index is 4.04. The molecule has 0 rings (SSSR count). The zero-order valence-electron chi connectivity index (χ0n) is 4.22. The SMILES string of the molecule is O=C(O)C(O)C(O)(O)O. The van der Waals surface area contributed by atoms with E-state index in [1.807, 2.05) is 0 Å². The van der Waals surface area contributed by atoms with Gasteiger partial charge in [-0.2, -0.15) is 0 Å². The molecule has 1 unspecified atom stereocenters. The largest absolute Gasteiger partial charge is 0.479 e. The van der Waals surface area contributed by atoms with Crippen molar-refractivity contribution in [3.8, 4) is 0 Å². The molecule has 9 heavy (non-hydrogen) atoms. The molecule has 0 heterocycles. The maximum Gasteiger partial charge on any atom is 0.341 e. The van der Waals surface area contributed by atoms with E-state index in [2.05, 4.69) is 0 Å². The monoisotopic (exact) mass is 138 g/mol. The Labute approximate surface area is 49.6 Å². The van der Waals surface area contributed by atoms with Gasteiger partial charge in [0.1, 0.15) is 0 Å². The second-order valence-electron chi connectivity index (χ2n) is 1.43. The predicted molar refractivity (Wildman–Crippen MR) is 23.0 cm³/mol. The van der Waals surface area contributed by atoms with Crippen molar-refractivity contribution in [3.63, 3.8) is 0 Å². The van der Waals surface area contributed by atoms with Gasteiger partial charge in [-0.3, -0.25) is 0 Å². The lowest BCUT2D eigenvalue weighted by molar-refractivity contribution is -0.348. The molecule has 0 radical (unpaired) electrons. The molecule has 0 aliphatic carbocycles.